The van der Waals surface area contributed by atoms with Crippen LogP contribution in [-0.2, 0) is 16.0 Å². The molecule has 0 radical (unpaired) electrons. The average molecular weight is 320 g/mol. The summed E-state index contributed by atoms with van der Waals surface area (Å²) in [5.74, 6) is 0.591. The fraction of sp³-hybridized carbons (Fsp3) is 0.250. The van der Waals surface area contributed by atoms with Gasteiger partial charge in [0.1, 0.15) is 5.82 Å². The maximum absolute atomic E-state index is 12.4. The van der Waals surface area contributed by atoms with E-state index < -0.39 is 6.10 Å². The molecule has 5 nitrogen and oxygen atoms in total. The van der Waals surface area contributed by atoms with E-state index in [-0.39, 0.29) is 18.3 Å². The molecule has 0 fully saturated rings. The molecule has 1 unspecified atom stereocenters. The van der Waals surface area contributed by atoms with Crippen LogP contribution in [-0.4, -0.2) is 24.5 Å². The summed E-state index contributed by atoms with van der Waals surface area (Å²) in [5.41, 5.74) is 2.78. The Morgan fingerprint density at radius 3 is 2.82 bits per heavy atom. The van der Waals surface area contributed by atoms with Crippen LogP contribution in [0.5, 0.6) is 0 Å². The summed E-state index contributed by atoms with van der Waals surface area (Å²) in [5, 5.41) is 5.78. The maximum Gasteiger partial charge on any atom is 0.258 e. The van der Waals surface area contributed by atoms with Crippen molar-refractivity contribution in [2.24, 2.45) is 0 Å². The summed E-state index contributed by atoms with van der Waals surface area (Å²) < 4.78 is 5.64. The van der Waals surface area contributed by atoms with Gasteiger partial charge in [-0.3, -0.25) is 4.79 Å². The number of nitrogens with one attached hydrogen (secondary N) is 2. The van der Waals surface area contributed by atoms with Gasteiger partial charge in [0.2, 0.25) is 0 Å². The topological polar surface area (TPSA) is 63.2 Å². The Bertz CT molecular complexity index is 646. The van der Waals surface area contributed by atoms with Gasteiger partial charge in [0, 0.05) is 7.05 Å². The molecule has 1 atom stereocenters. The summed E-state index contributed by atoms with van der Waals surface area (Å²) in [6, 6.07) is 11.5. The maximum atomic E-state index is 12.4. The lowest BCUT2D eigenvalue weighted by atomic mass is 9.97. The third kappa shape index (κ3) is 3.37. The van der Waals surface area contributed by atoms with E-state index in [1.807, 2.05) is 36.4 Å². The van der Waals surface area contributed by atoms with E-state index in [1.54, 1.807) is 13.2 Å². The Labute approximate surface area is 135 Å². The van der Waals surface area contributed by atoms with Crippen molar-refractivity contribution in [2.75, 3.05) is 24.3 Å². The highest BCUT2D eigenvalue weighted by Crippen LogP contribution is 2.28. The molecule has 0 saturated heterocycles. The fourth-order valence-corrected chi connectivity index (χ4v) is 2.43. The van der Waals surface area contributed by atoms with Gasteiger partial charge in [-0.05, 0) is 29.7 Å². The van der Waals surface area contributed by atoms with E-state index in [4.69, 9.17) is 4.74 Å². The third-order valence-electron chi connectivity index (χ3n) is 3.52. The molecular weight excluding hydrogens is 302 g/mol. The minimum atomic E-state index is -0.557. The molecule has 1 aromatic heterocycles. The molecule has 3 rings (SSSR count). The van der Waals surface area contributed by atoms with Crippen LogP contribution in [0, 0.1) is 0 Å². The predicted octanol–water partition coefficient (Wildman–Crippen LogP) is 2.80. The van der Waals surface area contributed by atoms with Crippen molar-refractivity contribution >= 4 is 29.8 Å². The normalized spacial score (nSPS) is 16.1. The van der Waals surface area contributed by atoms with Gasteiger partial charge in [-0.15, -0.1) is 12.4 Å². The van der Waals surface area contributed by atoms with Crippen LogP contribution in [0.1, 0.15) is 17.2 Å². The molecule has 0 spiro atoms. The number of hydrogen-bond donors (Lipinski definition) is 2. The van der Waals surface area contributed by atoms with Crippen LogP contribution in [0.4, 0.5) is 11.5 Å². The Morgan fingerprint density at radius 2 is 2.09 bits per heavy atom. The highest BCUT2D eigenvalue weighted by molar-refractivity contribution is 5.95. The first-order chi connectivity index (χ1) is 10.3. The van der Waals surface area contributed by atoms with Gasteiger partial charge in [0.15, 0.2) is 6.10 Å². The van der Waals surface area contributed by atoms with Gasteiger partial charge in [-0.25, -0.2) is 4.98 Å². The van der Waals surface area contributed by atoms with E-state index in [2.05, 4.69) is 15.6 Å². The number of pyridine rings is 1. The lowest BCUT2D eigenvalue weighted by Gasteiger charge is -2.25. The minimum Gasteiger partial charge on any atom is -0.373 e. The zero-order valence-electron chi connectivity index (χ0n) is 12.2. The van der Waals surface area contributed by atoms with Crippen LogP contribution in [0.2, 0.25) is 0 Å². The van der Waals surface area contributed by atoms with Gasteiger partial charge in [-0.1, -0.05) is 24.3 Å². The molecular formula is C16H18ClN3O2. The number of halogens is 1. The number of carbonyl (C=O) groups is 1. The van der Waals surface area contributed by atoms with Gasteiger partial charge >= 0.3 is 0 Å². The van der Waals surface area contributed by atoms with Crippen molar-refractivity contribution in [3.8, 4) is 0 Å². The Balaban J connectivity index is 0.00000176. The molecule has 1 aromatic carbocycles. The minimum absolute atomic E-state index is 0. The third-order valence-corrected chi connectivity index (χ3v) is 3.52. The first-order valence-corrected chi connectivity index (χ1v) is 6.92. The lowest BCUT2D eigenvalue weighted by molar-refractivity contribution is -0.128. The first-order valence-electron chi connectivity index (χ1n) is 6.92. The van der Waals surface area contributed by atoms with Crippen LogP contribution < -0.4 is 10.6 Å². The number of anilines is 2. The van der Waals surface area contributed by atoms with Gasteiger partial charge < -0.3 is 15.4 Å². The van der Waals surface area contributed by atoms with Crippen molar-refractivity contribution in [3.63, 3.8) is 0 Å². The van der Waals surface area contributed by atoms with Crippen molar-refractivity contribution in [1.29, 1.82) is 0 Å². The number of benzene rings is 1. The number of amides is 1. The number of hydrogen-bond acceptors (Lipinski definition) is 4. The molecule has 2 aromatic rings. The molecule has 1 amide bonds. The molecule has 116 valence electrons. The number of ether oxygens (including phenoxy) is 1. The molecule has 0 bridgehead atoms. The quantitative estimate of drug-likeness (QED) is 0.913. The lowest BCUT2D eigenvalue weighted by Crippen LogP contribution is -2.28. The monoisotopic (exact) mass is 319 g/mol. The van der Waals surface area contributed by atoms with Crippen molar-refractivity contribution in [2.45, 2.75) is 12.5 Å². The van der Waals surface area contributed by atoms with E-state index in [0.29, 0.717) is 12.3 Å². The van der Waals surface area contributed by atoms with Crippen LogP contribution >= 0.6 is 12.4 Å². The summed E-state index contributed by atoms with van der Waals surface area (Å²) in [6.45, 7) is 0.562. The summed E-state index contributed by atoms with van der Waals surface area (Å²) in [4.78, 5) is 16.6. The first kappa shape index (κ1) is 16.3. The molecule has 0 aliphatic carbocycles. The van der Waals surface area contributed by atoms with Crippen molar-refractivity contribution < 1.29 is 9.53 Å². The Hall–Kier alpha value is -2.11. The number of nitrogens with zero attached hydrogens (tertiary/aromatic N) is 1. The summed E-state index contributed by atoms with van der Waals surface area (Å²) in [7, 11) is 1.80. The zero-order valence-corrected chi connectivity index (χ0v) is 13.0. The van der Waals surface area contributed by atoms with Crippen molar-refractivity contribution in [1.82, 2.24) is 4.98 Å². The predicted molar refractivity (Wildman–Crippen MR) is 88.5 cm³/mol. The second-order valence-electron chi connectivity index (χ2n) is 4.87. The molecule has 1 aliphatic rings. The van der Waals surface area contributed by atoms with E-state index >= 15 is 0 Å². The van der Waals surface area contributed by atoms with Gasteiger partial charge in [0.25, 0.3) is 5.91 Å². The number of fused-ring (bicyclic) bond motifs is 1. The zero-order chi connectivity index (χ0) is 14.7. The highest BCUT2D eigenvalue weighted by Gasteiger charge is 2.27. The number of aromatic nitrogens is 1. The standard InChI is InChI=1S/C16H17N3O2.ClH/c1-17-14-7-6-12(10-18-14)19-16(20)15-13-5-3-2-4-11(13)8-9-21-15;/h2-7,10,15H,8-9H2,1H3,(H,17,18)(H,19,20);1H. The van der Waals surface area contributed by atoms with E-state index in [0.717, 1.165) is 17.8 Å². The van der Waals surface area contributed by atoms with Crippen LogP contribution in [0.25, 0.3) is 0 Å². The highest BCUT2D eigenvalue weighted by atomic mass is 35.5. The SMILES string of the molecule is CNc1ccc(NC(=O)C2OCCc3ccccc32)cn1.Cl. The van der Waals surface area contributed by atoms with Gasteiger partial charge in [-0.2, -0.15) is 0 Å². The second kappa shape index (κ2) is 7.24. The van der Waals surface area contributed by atoms with Crippen molar-refractivity contribution in [3.05, 3.63) is 53.7 Å². The molecule has 2 N–H and O–H groups in total. The Kier molecular flexibility index (Phi) is 5.35. The summed E-state index contributed by atoms with van der Waals surface area (Å²) in [6.07, 6.45) is 1.91. The smallest absolute Gasteiger partial charge is 0.258 e. The van der Waals surface area contributed by atoms with Crippen LogP contribution in [0.15, 0.2) is 42.6 Å². The van der Waals surface area contributed by atoms with E-state index in [9.17, 15) is 4.79 Å². The van der Waals surface area contributed by atoms with Crippen LogP contribution in [0.3, 0.4) is 0 Å². The molecule has 1 aliphatic heterocycles. The number of carbonyl (C=O) groups excluding carboxylic acids is 1. The average Bonchev–Trinajstić information content (AvgIpc) is 2.55. The second-order valence-corrected chi connectivity index (χ2v) is 4.87. The number of rotatable bonds is 3. The summed E-state index contributed by atoms with van der Waals surface area (Å²) >= 11 is 0. The fourth-order valence-electron chi connectivity index (χ4n) is 2.43. The largest absolute Gasteiger partial charge is 0.373 e. The molecule has 0 saturated carbocycles. The molecule has 2 heterocycles. The Morgan fingerprint density at radius 1 is 1.27 bits per heavy atom. The molecule has 6 heteroatoms. The van der Waals surface area contributed by atoms with E-state index in [1.165, 1.54) is 5.56 Å². The van der Waals surface area contributed by atoms with Gasteiger partial charge in [0.05, 0.1) is 18.5 Å². The molecule has 22 heavy (non-hydrogen) atoms.